The van der Waals surface area contributed by atoms with E-state index in [9.17, 15) is 31.0 Å². The van der Waals surface area contributed by atoms with Crippen molar-refractivity contribution in [3.05, 3.63) is 58.7 Å². The van der Waals surface area contributed by atoms with Gasteiger partial charge in [0.05, 0.1) is 10.5 Å². The first-order valence-electron chi connectivity index (χ1n) is 6.33. The number of hydrogen-bond donors (Lipinski definition) is 2. The van der Waals surface area contributed by atoms with Gasteiger partial charge in [0.25, 0.3) is 20.2 Å². The number of ketones is 2. The first kappa shape index (κ1) is 16.5. The van der Waals surface area contributed by atoms with E-state index < -0.39 is 52.7 Å². The number of carbonyl (C=O) groups excluding carboxylic acids is 2. The highest BCUT2D eigenvalue weighted by atomic mass is 32.2. The smallest absolute Gasteiger partial charge is 0.289 e. The number of benzene rings is 2. The van der Waals surface area contributed by atoms with Gasteiger partial charge in [-0.25, -0.2) is 0 Å². The molecule has 0 heterocycles. The Kier molecular flexibility index (Phi) is 3.46. The van der Waals surface area contributed by atoms with Gasteiger partial charge >= 0.3 is 0 Å². The van der Waals surface area contributed by atoms with Crippen LogP contribution in [0.4, 0.5) is 0 Å². The van der Waals surface area contributed by atoms with Gasteiger partial charge in [0.15, 0.2) is 11.6 Å². The van der Waals surface area contributed by atoms with Gasteiger partial charge in [-0.2, -0.15) is 16.8 Å². The Bertz CT molecular complexity index is 1130. The third-order valence-electron chi connectivity index (χ3n) is 3.54. The highest BCUT2D eigenvalue weighted by Gasteiger charge is 2.36. The van der Waals surface area contributed by atoms with Crippen molar-refractivity contribution < 1.29 is 35.5 Å². The first-order valence-corrected chi connectivity index (χ1v) is 9.21. The van der Waals surface area contributed by atoms with Crippen LogP contribution >= 0.6 is 0 Å². The molecule has 0 radical (unpaired) electrons. The minimum absolute atomic E-state index is 0.0382. The van der Waals surface area contributed by atoms with E-state index >= 15 is 0 Å². The van der Waals surface area contributed by atoms with Crippen LogP contribution in [0.15, 0.2) is 46.2 Å². The van der Waals surface area contributed by atoms with Gasteiger partial charge in [-0.15, -0.1) is 0 Å². The highest BCUT2D eigenvalue weighted by molar-refractivity contribution is 7.86. The van der Waals surface area contributed by atoms with Crippen molar-refractivity contribution in [1.82, 2.24) is 0 Å². The van der Waals surface area contributed by atoms with E-state index in [-0.39, 0.29) is 11.1 Å². The average molecular weight is 368 g/mol. The molecule has 1 aliphatic rings. The molecule has 124 valence electrons. The molecule has 2 aromatic rings. The predicted molar refractivity (Wildman–Crippen MR) is 79.4 cm³/mol. The molecule has 2 N–H and O–H groups in total. The molecule has 1 aliphatic carbocycles. The Morgan fingerprint density at radius 1 is 0.708 bits per heavy atom. The number of hydrogen-bond acceptors (Lipinski definition) is 6. The minimum atomic E-state index is -5.03. The van der Waals surface area contributed by atoms with Gasteiger partial charge in [-0.05, 0) is 12.1 Å². The molecule has 0 aromatic heterocycles. The fourth-order valence-electron chi connectivity index (χ4n) is 2.51. The van der Waals surface area contributed by atoms with Crippen LogP contribution in [0.1, 0.15) is 31.8 Å². The van der Waals surface area contributed by atoms with Crippen molar-refractivity contribution in [2.24, 2.45) is 0 Å². The second-order valence-electron chi connectivity index (χ2n) is 5.00. The lowest BCUT2D eigenvalue weighted by Gasteiger charge is -2.19. The lowest BCUT2D eigenvalue weighted by atomic mass is 9.84. The fraction of sp³-hybridized carbons (Fsp3) is 0. The van der Waals surface area contributed by atoms with Crippen LogP contribution in [0, 0.1) is 0 Å². The molecule has 0 fully saturated rings. The number of carbonyl (C=O) groups is 2. The zero-order chi connectivity index (χ0) is 17.9. The summed E-state index contributed by atoms with van der Waals surface area (Å²) in [5.41, 5.74) is -1.27. The molecule has 2 aromatic carbocycles. The normalized spacial score (nSPS) is 14.2. The summed E-state index contributed by atoms with van der Waals surface area (Å²) in [5.74, 6) is -1.65. The Hall–Kier alpha value is -2.40. The lowest BCUT2D eigenvalue weighted by Crippen LogP contribution is -2.24. The molecule has 0 spiro atoms. The topological polar surface area (TPSA) is 143 Å². The molecule has 0 amide bonds. The van der Waals surface area contributed by atoms with Crippen molar-refractivity contribution in [1.29, 1.82) is 0 Å². The Morgan fingerprint density at radius 3 is 1.75 bits per heavy atom. The largest absolute Gasteiger partial charge is 0.295 e. The monoisotopic (exact) mass is 368 g/mol. The van der Waals surface area contributed by atoms with Crippen LogP contribution in [-0.4, -0.2) is 37.5 Å². The van der Waals surface area contributed by atoms with E-state index in [4.69, 9.17) is 4.55 Å². The molecule has 24 heavy (non-hydrogen) atoms. The SMILES string of the molecule is O=C1c2ccccc2C(=O)c2c1cc(S(=O)(=O)O)cc2S(=O)(=O)O. The summed E-state index contributed by atoms with van der Waals surface area (Å²) < 4.78 is 64.2. The first-order chi connectivity index (χ1) is 11.0. The maximum atomic E-state index is 12.5. The predicted octanol–water partition coefficient (Wildman–Crippen LogP) is 0.955. The molecule has 0 aliphatic heterocycles. The quantitative estimate of drug-likeness (QED) is 0.637. The number of fused-ring (bicyclic) bond motifs is 2. The van der Waals surface area contributed by atoms with Crippen LogP contribution in [0.2, 0.25) is 0 Å². The molecule has 8 nitrogen and oxygen atoms in total. The van der Waals surface area contributed by atoms with E-state index in [1.807, 2.05) is 0 Å². The summed E-state index contributed by atoms with van der Waals surface area (Å²) in [7, 11) is -9.91. The summed E-state index contributed by atoms with van der Waals surface area (Å²) in [6.07, 6.45) is 0. The van der Waals surface area contributed by atoms with E-state index in [2.05, 4.69) is 0 Å². The molecule has 0 atom stereocenters. The Balaban J connectivity index is 2.48. The van der Waals surface area contributed by atoms with Gasteiger partial charge in [0, 0.05) is 16.7 Å². The van der Waals surface area contributed by atoms with Crippen LogP contribution in [0.5, 0.6) is 0 Å². The maximum Gasteiger partial charge on any atom is 0.295 e. The van der Waals surface area contributed by atoms with Crippen LogP contribution in [0.3, 0.4) is 0 Å². The fourth-order valence-corrected chi connectivity index (χ4v) is 3.86. The molecular formula is C14H8O8S2. The summed E-state index contributed by atoms with van der Waals surface area (Å²) >= 11 is 0. The molecule has 10 heteroatoms. The van der Waals surface area contributed by atoms with E-state index in [1.54, 1.807) is 0 Å². The lowest BCUT2D eigenvalue weighted by molar-refractivity contribution is 0.0976. The van der Waals surface area contributed by atoms with Crippen molar-refractivity contribution in [3.8, 4) is 0 Å². The van der Waals surface area contributed by atoms with Crippen molar-refractivity contribution in [3.63, 3.8) is 0 Å². The number of rotatable bonds is 2. The molecule has 0 bridgehead atoms. The summed E-state index contributed by atoms with van der Waals surface area (Å²) in [5, 5.41) is 0. The van der Waals surface area contributed by atoms with Crippen molar-refractivity contribution in [2.75, 3.05) is 0 Å². The summed E-state index contributed by atoms with van der Waals surface area (Å²) in [4.78, 5) is 23.1. The Morgan fingerprint density at radius 2 is 1.25 bits per heavy atom. The average Bonchev–Trinajstić information content (AvgIpc) is 2.49. The standard InChI is InChI=1S/C14H8O8S2/c15-13-8-3-1-2-4-9(8)14(16)12-10(13)5-7(23(17,18)19)6-11(12)24(20,21)22/h1-6H,(H,17,18,19)(H,20,21,22). The molecular weight excluding hydrogens is 360 g/mol. The van der Waals surface area contributed by atoms with E-state index in [1.165, 1.54) is 24.3 Å². The minimum Gasteiger partial charge on any atom is -0.289 e. The molecule has 0 unspecified atom stereocenters. The van der Waals surface area contributed by atoms with Crippen LogP contribution < -0.4 is 0 Å². The van der Waals surface area contributed by atoms with Crippen LogP contribution in [-0.2, 0) is 20.2 Å². The van der Waals surface area contributed by atoms with Gasteiger partial charge in [0.2, 0.25) is 0 Å². The second kappa shape index (κ2) is 5.05. The molecule has 3 rings (SSSR count). The van der Waals surface area contributed by atoms with Gasteiger partial charge in [-0.3, -0.25) is 18.7 Å². The zero-order valence-corrected chi connectivity index (χ0v) is 13.3. The van der Waals surface area contributed by atoms with Gasteiger partial charge < -0.3 is 0 Å². The molecule has 0 saturated carbocycles. The third kappa shape index (κ3) is 2.45. The Labute approximate surface area is 136 Å². The highest BCUT2D eigenvalue weighted by Crippen LogP contribution is 2.33. The summed E-state index contributed by atoms with van der Waals surface area (Å²) in [6.45, 7) is 0. The van der Waals surface area contributed by atoms with Gasteiger partial charge in [-0.1, -0.05) is 24.3 Å². The van der Waals surface area contributed by atoms with Crippen molar-refractivity contribution >= 4 is 31.8 Å². The van der Waals surface area contributed by atoms with Crippen molar-refractivity contribution in [2.45, 2.75) is 9.79 Å². The third-order valence-corrected chi connectivity index (χ3v) is 5.25. The maximum absolute atomic E-state index is 12.5. The molecule has 0 saturated heterocycles. The van der Waals surface area contributed by atoms with Gasteiger partial charge in [0.1, 0.15) is 4.90 Å². The van der Waals surface area contributed by atoms with E-state index in [0.29, 0.717) is 12.1 Å². The van der Waals surface area contributed by atoms with E-state index in [0.717, 1.165) is 0 Å². The van der Waals surface area contributed by atoms with Crippen LogP contribution in [0.25, 0.3) is 0 Å². The second-order valence-corrected chi connectivity index (χ2v) is 7.81. The summed E-state index contributed by atoms with van der Waals surface area (Å²) in [6, 6.07) is 6.72. The zero-order valence-electron chi connectivity index (χ0n) is 11.6.